The number of benzene rings is 1. The molecule has 0 bridgehead atoms. The van der Waals surface area contributed by atoms with Gasteiger partial charge in [-0.3, -0.25) is 9.59 Å². The highest BCUT2D eigenvalue weighted by atomic mass is 16.4. The third-order valence-corrected chi connectivity index (χ3v) is 4.31. The first kappa shape index (κ1) is 16.5. The monoisotopic (exact) mass is 305 g/mol. The number of aliphatic carboxylic acids is 1. The van der Waals surface area contributed by atoms with Gasteiger partial charge in [-0.2, -0.15) is 0 Å². The van der Waals surface area contributed by atoms with Gasteiger partial charge in [0.25, 0.3) is 0 Å². The Morgan fingerprint density at radius 3 is 2.64 bits per heavy atom. The molecule has 0 saturated carbocycles. The van der Waals surface area contributed by atoms with Crippen LogP contribution >= 0.6 is 0 Å². The van der Waals surface area contributed by atoms with Gasteiger partial charge in [0.1, 0.15) is 0 Å². The molecule has 1 aromatic carbocycles. The minimum absolute atomic E-state index is 0.0176. The number of carbonyl (C=O) groups is 2. The minimum atomic E-state index is -0.854. The fourth-order valence-electron chi connectivity index (χ4n) is 2.90. The molecule has 22 heavy (non-hydrogen) atoms. The maximum atomic E-state index is 12.6. The number of aliphatic hydroxyl groups excluding tert-OH is 1. The van der Waals surface area contributed by atoms with Crippen molar-refractivity contribution in [2.45, 2.75) is 51.6 Å². The molecule has 0 spiro atoms. The summed E-state index contributed by atoms with van der Waals surface area (Å²) in [6, 6.07) is 5.60. The molecule has 1 aliphatic rings. The Balaban J connectivity index is 2.31. The molecule has 120 valence electrons. The third-order valence-electron chi connectivity index (χ3n) is 4.31. The van der Waals surface area contributed by atoms with E-state index in [1.165, 1.54) is 0 Å². The lowest BCUT2D eigenvalue weighted by molar-refractivity contribution is -0.137. The molecule has 1 unspecified atom stereocenters. The lowest BCUT2D eigenvalue weighted by Crippen LogP contribution is -2.36. The Morgan fingerprint density at radius 2 is 2.05 bits per heavy atom. The summed E-state index contributed by atoms with van der Waals surface area (Å²) in [5.74, 6) is -0.872. The van der Waals surface area contributed by atoms with Crippen molar-refractivity contribution >= 4 is 17.6 Å². The molecule has 1 atom stereocenters. The van der Waals surface area contributed by atoms with Crippen LogP contribution in [-0.2, 0) is 15.0 Å². The number of fused-ring (bicyclic) bond motifs is 1. The average Bonchev–Trinajstić information content (AvgIpc) is 2.66. The molecule has 5 heteroatoms. The number of rotatable bonds is 6. The first-order valence-corrected chi connectivity index (χ1v) is 7.65. The number of carbonyl (C=O) groups excluding carboxylic acids is 1. The Bertz CT molecular complexity index is 594. The number of carboxylic acid groups (broad SMARTS) is 1. The number of hydrogen-bond donors (Lipinski definition) is 2. The van der Waals surface area contributed by atoms with E-state index in [-0.39, 0.29) is 12.3 Å². The molecule has 1 heterocycles. The van der Waals surface area contributed by atoms with E-state index in [1.54, 1.807) is 4.90 Å². The Labute approximate surface area is 130 Å². The lowest BCUT2D eigenvalue weighted by Gasteiger charge is -2.20. The molecule has 0 aromatic heterocycles. The van der Waals surface area contributed by atoms with Crippen LogP contribution in [0.25, 0.3) is 0 Å². The molecule has 0 saturated heterocycles. The van der Waals surface area contributed by atoms with E-state index in [0.29, 0.717) is 19.4 Å². The van der Waals surface area contributed by atoms with Crippen LogP contribution in [0.5, 0.6) is 0 Å². The fraction of sp³-hybridized carbons (Fsp3) is 0.529. The zero-order valence-electron chi connectivity index (χ0n) is 13.3. The third kappa shape index (κ3) is 2.86. The molecule has 5 nitrogen and oxygen atoms in total. The van der Waals surface area contributed by atoms with Crippen molar-refractivity contribution in [1.82, 2.24) is 0 Å². The second-order valence-electron chi connectivity index (χ2n) is 6.28. The van der Waals surface area contributed by atoms with Crippen molar-refractivity contribution in [3.05, 3.63) is 29.3 Å². The summed E-state index contributed by atoms with van der Waals surface area (Å²) in [5, 5.41) is 18.7. The Hall–Kier alpha value is -1.88. The largest absolute Gasteiger partial charge is 0.481 e. The normalized spacial score (nSPS) is 17.5. The van der Waals surface area contributed by atoms with E-state index >= 15 is 0 Å². The summed E-state index contributed by atoms with van der Waals surface area (Å²) in [7, 11) is 0. The van der Waals surface area contributed by atoms with Crippen LogP contribution in [0.15, 0.2) is 18.2 Å². The van der Waals surface area contributed by atoms with Crippen LogP contribution in [0.4, 0.5) is 5.69 Å². The predicted molar refractivity (Wildman–Crippen MR) is 83.9 cm³/mol. The fourth-order valence-corrected chi connectivity index (χ4v) is 2.90. The summed E-state index contributed by atoms with van der Waals surface area (Å²) >= 11 is 0. The van der Waals surface area contributed by atoms with Crippen LogP contribution < -0.4 is 4.90 Å². The van der Waals surface area contributed by atoms with E-state index < -0.39 is 17.5 Å². The first-order valence-electron chi connectivity index (χ1n) is 7.65. The molecule has 2 N–H and O–H groups in total. The summed E-state index contributed by atoms with van der Waals surface area (Å²) in [6.45, 7) is 6.05. The summed E-state index contributed by atoms with van der Waals surface area (Å²) in [6.07, 6.45) is 0.565. The van der Waals surface area contributed by atoms with E-state index in [2.05, 4.69) is 0 Å². The second kappa shape index (κ2) is 6.08. The number of amides is 1. The molecule has 0 aliphatic carbocycles. The highest BCUT2D eigenvalue weighted by Gasteiger charge is 2.43. The maximum absolute atomic E-state index is 12.6. The van der Waals surface area contributed by atoms with Crippen LogP contribution in [0.3, 0.4) is 0 Å². The molecule has 1 amide bonds. The van der Waals surface area contributed by atoms with Crippen LogP contribution in [0.1, 0.15) is 57.3 Å². The van der Waals surface area contributed by atoms with Crippen molar-refractivity contribution in [2.24, 2.45) is 0 Å². The van der Waals surface area contributed by atoms with Crippen molar-refractivity contribution in [2.75, 3.05) is 11.4 Å². The first-order chi connectivity index (χ1) is 10.3. The zero-order chi connectivity index (χ0) is 16.5. The molecule has 2 rings (SSSR count). The van der Waals surface area contributed by atoms with Gasteiger partial charge in [0, 0.05) is 18.7 Å². The number of carboxylic acids is 1. The van der Waals surface area contributed by atoms with Gasteiger partial charge in [-0.05, 0) is 43.9 Å². The van der Waals surface area contributed by atoms with E-state index in [1.807, 2.05) is 39.0 Å². The van der Waals surface area contributed by atoms with E-state index in [4.69, 9.17) is 5.11 Å². The molecule has 0 fully saturated rings. The van der Waals surface area contributed by atoms with Gasteiger partial charge in [-0.15, -0.1) is 0 Å². The molecule has 0 radical (unpaired) electrons. The van der Waals surface area contributed by atoms with Crippen molar-refractivity contribution in [1.29, 1.82) is 0 Å². The highest BCUT2D eigenvalue weighted by molar-refractivity contribution is 6.07. The van der Waals surface area contributed by atoms with Crippen molar-refractivity contribution in [3.8, 4) is 0 Å². The van der Waals surface area contributed by atoms with Gasteiger partial charge in [0.05, 0.1) is 11.5 Å². The average molecular weight is 305 g/mol. The topological polar surface area (TPSA) is 77.8 Å². The SMILES string of the molecule is CCC(O)c1ccc2c(c1)C(C)(C)C(=O)N2CCCC(=O)O. The van der Waals surface area contributed by atoms with Crippen LogP contribution in [0, 0.1) is 0 Å². The Morgan fingerprint density at radius 1 is 1.36 bits per heavy atom. The van der Waals surface area contributed by atoms with Gasteiger partial charge < -0.3 is 15.1 Å². The zero-order valence-corrected chi connectivity index (χ0v) is 13.3. The number of aliphatic hydroxyl groups is 1. The lowest BCUT2D eigenvalue weighted by atomic mass is 9.85. The van der Waals surface area contributed by atoms with Crippen LogP contribution in [-0.4, -0.2) is 28.6 Å². The highest BCUT2D eigenvalue weighted by Crippen LogP contribution is 2.42. The summed E-state index contributed by atoms with van der Waals surface area (Å²) in [5.41, 5.74) is 1.89. The standard InChI is InChI=1S/C17H23NO4/c1-4-14(19)11-7-8-13-12(10-11)17(2,3)16(22)18(13)9-5-6-15(20)21/h7-8,10,14,19H,4-6,9H2,1-3H3,(H,20,21). The van der Waals surface area contributed by atoms with Gasteiger partial charge in [-0.1, -0.05) is 19.1 Å². The summed E-state index contributed by atoms with van der Waals surface area (Å²) in [4.78, 5) is 24.9. The number of nitrogens with zero attached hydrogens (tertiary/aromatic N) is 1. The van der Waals surface area contributed by atoms with Gasteiger partial charge >= 0.3 is 5.97 Å². The van der Waals surface area contributed by atoms with Crippen LogP contribution in [0.2, 0.25) is 0 Å². The van der Waals surface area contributed by atoms with E-state index in [0.717, 1.165) is 16.8 Å². The number of hydrogen-bond acceptors (Lipinski definition) is 3. The summed E-state index contributed by atoms with van der Waals surface area (Å²) < 4.78 is 0. The van der Waals surface area contributed by atoms with Gasteiger partial charge in [-0.25, -0.2) is 0 Å². The van der Waals surface area contributed by atoms with Crippen molar-refractivity contribution in [3.63, 3.8) is 0 Å². The van der Waals surface area contributed by atoms with E-state index in [9.17, 15) is 14.7 Å². The molecular weight excluding hydrogens is 282 g/mol. The molecule has 1 aliphatic heterocycles. The minimum Gasteiger partial charge on any atom is -0.481 e. The predicted octanol–water partition coefficient (Wildman–Crippen LogP) is 2.62. The smallest absolute Gasteiger partial charge is 0.303 e. The maximum Gasteiger partial charge on any atom is 0.303 e. The molecular formula is C17H23NO4. The second-order valence-corrected chi connectivity index (χ2v) is 6.28. The number of anilines is 1. The van der Waals surface area contributed by atoms with Crippen molar-refractivity contribution < 1.29 is 19.8 Å². The van der Waals surface area contributed by atoms with Gasteiger partial charge in [0.2, 0.25) is 5.91 Å². The van der Waals surface area contributed by atoms with Gasteiger partial charge in [0.15, 0.2) is 0 Å². The molecule has 1 aromatic rings. The quantitative estimate of drug-likeness (QED) is 0.847. The Kier molecular flexibility index (Phi) is 4.56.